The van der Waals surface area contributed by atoms with Crippen molar-refractivity contribution in [1.82, 2.24) is 19.9 Å². The van der Waals surface area contributed by atoms with Crippen LogP contribution in [0.15, 0.2) is 35.3 Å². The Morgan fingerprint density at radius 2 is 2.00 bits per heavy atom. The van der Waals surface area contributed by atoms with E-state index < -0.39 is 23.8 Å². The lowest BCUT2D eigenvalue weighted by atomic mass is 10.0. The number of pyridine rings is 1. The zero-order valence-corrected chi connectivity index (χ0v) is 17.5. The quantitative estimate of drug-likeness (QED) is 0.638. The van der Waals surface area contributed by atoms with Gasteiger partial charge in [0.1, 0.15) is 17.5 Å². The lowest BCUT2D eigenvalue weighted by Crippen LogP contribution is -2.39. The lowest BCUT2D eigenvalue weighted by Gasteiger charge is -2.27. The molecule has 1 aliphatic rings. The van der Waals surface area contributed by atoms with Gasteiger partial charge in [-0.1, -0.05) is 18.2 Å². The number of nitrogens with zero attached hydrogens (tertiary/aromatic N) is 3. The Balaban J connectivity index is 1.79. The number of hydrogen-bond donors (Lipinski definition) is 2. The maximum absolute atomic E-state index is 14.6. The second-order valence-electron chi connectivity index (χ2n) is 8.24. The topological polar surface area (TPSA) is 71.8 Å². The zero-order valence-electron chi connectivity index (χ0n) is 17.5. The Labute approximate surface area is 177 Å². The summed E-state index contributed by atoms with van der Waals surface area (Å²) >= 11 is 0. The molecule has 0 aliphatic carbocycles. The van der Waals surface area contributed by atoms with E-state index in [0.717, 1.165) is 19.0 Å². The first kappa shape index (κ1) is 21.3. The number of benzene rings is 1. The maximum Gasteiger partial charge on any atom is 0.266 e. The van der Waals surface area contributed by atoms with Gasteiger partial charge in [0.2, 0.25) is 0 Å². The summed E-state index contributed by atoms with van der Waals surface area (Å²) in [5, 5.41) is 7.01. The Kier molecular flexibility index (Phi) is 5.47. The van der Waals surface area contributed by atoms with Gasteiger partial charge in [-0.05, 0) is 33.7 Å². The molecule has 0 radical (unpaired) electrons. The summed E-state index contributed by atoms with van der Waals surface area (Å²) in [6, 6.07) is 4.79. The van der Waals surface area contributed by atoms with Crippen LogP contribution in [-0.4, -0.2) is 27.6 Å². The molecule has 0 bridgehead atoms. The molecule has 1 unspecified atom stereocenters. The van der Waals surface area contributed by atoms with Gasteiger partial charge in [0.25, 0.3) is 12.0 Å². The minimum absolute atomic E-state index is 0.113. The number of halogens is 3. The molecule has 3 aromatic rings. The van der Waals surface area contributed by atoms with Crippen molar-refractivity contribution in [1.29, 1.82) is 0 Å². The minimum Gasteiger partial charge on any atom is -0.363 e. The molecular formula is C22H24F3N5O. The largest absolute Gasteiger partial charge is 0.363 e. The van der Waals surface area contributed by atoms with Crippen LogP contribution in [0.4, 0.5) is 19.0 Å². The molecule has 6 nitrogen and oxygen atoms in total. The van der Waals surface area contributed by atoms with Gasteiger partial charge >= 0.3 is 0 Å². The first-order valence-electron chi connectivity index (χ1n) is 10.1. The molecular weight excluding hydrogens is 407 g/mol. The average Bonchev–Trinajstić information content (AvgIpc) is 3.14. The van der Waals surface area contributed by atoms with Crippen molar-refractivity contribution in [3.8, 4) is 0 Å². The van der Waals surface area contributed by atoms with Gasteiger partial charge in [-0.25, -0.2) is 23.1 Å². The summed E-state index contributed by atoms with van der Waals surface area (Å²) < 4.78 is 42.5. The van der Waals surface area contributed by atoms with E-state index in [1.165, 1.54) is 18.2 Å². The van der Waals surface area contributed by atoms with E-state index in [0.29, 0.717) is 29.1 Å². The molecule has 0 saturated carbocycles. The smallest absolute Gasteiger partial charge is 0.266 e. The van der Waals surface area contributed by atoms with E-state index in [1.54, 1.807) is 24.6 Å². The summed E-state index contributed by atoms with van der Waals surface area (Å²) in [5.74, 6) is -0.0795. The number of hydrogen-bond acceptors (Lipinski definition) is 5. The van der Waals surface area contributed by atoms with Crippen LogP contribution in [0.2, 0.25) is 0 Å². The maximum atomic E-state index is 14.6. The number of fused-ring (bicyclic) bond motifs is 1. The molecule has 2 N–H and O–H groups in total. The van der Waals surface area contributed by atoms with Crippen molar-refractivity contribution in [3.05, 3.63) is 63.6 Å². The molecule has 1 fully saturated rings. The Bertz CT molecular complexity index is 1190. The molecule has 2 atom stereocenters. The Morgan fingerprint density at radius 3 is 2.68 bits per heavy atom. The highest BCUT2D eigenvalue weighted by atomic mass is 19.3. The lowest BCUT2D eigenvalue weighted by molar-refractivity contribution is 0.146. The predicted molar refractivity (Wildman–Crippen MR) is 113 cm³/mol. The van der Waals surface area contributed by atoms with Gasteiger partial charge in [-0.2, -0.15) is 0 Å². The fourth-order valence-electron chi connectivity index (χ4n) is 4.11. The molecule has 9 heteroatoms. The van der Waals surface area contributed by atoms with Crippen LogP contribution in [0.1, 0.15) is 49.7 Å². The minimum atomic E-state index is -2.90. The van der Waals surface area contributed by atoms with Crippen molar-refractivity contribution in [2.75, 3.05) is 18.4 Å². The van der Waals surface area contributed by atoms with Gasteiger partial charge in [0, 0.05) is 24.4 Å². The second kappa shape index (κ2) is 7.96. The molecule has 0 amide bonds. The van der Waals surface area contributed by atoms with E-state index in [4.69, 9.17) is 0 Å². The van der Waals surface area contributed by atoms with Gasteiger partial charge < -0.3 is 15.2 Å². The third kappa shape index (κ3) is 3.89. The Hall–Kier alpha value is -2.94. The summed E-state index contributed by atoms with van der Waals surface area (Å²) in [5.41, 5.74) is -0.587. The number of aryl methyl sites for hydroxylation is 1. The number of alkyl halides is 2. The zero-order chi connectivity index (χ0) is 22.3. The van der Waals surface area contributed by atoms with Crippen molar-refractivity contribution < 1.29 is 13.2 Å². The van der Waals surface area contributed by atoms with Crippen molar-refractivity contribution in [3.63, 3.8) is 0 Å². The van der Waals surface area contributed by atoms with Crippen LogP contribution in [0.3, 0.4) is 0 Å². The van der Waals surface area contributed by atoms with Crippen molar-refractivity contribution in [2.24, 2.45) is 0 Å². The first-order chi connectivity index (χ1) is 14.7. The summed E-state index contributed by atoms with van der Waals surface area (Å²) in [6.07, 6.45) is -0.370. The van der Waals surface area contributed by atoms with Crippen LogP contribution >= 0.6 is 0 Å². The van der Waals surface area contributed by atoms with E-state index in [1.807, 2.05) is 6.92 Å². The first-order valence-corrected chi connectivity index (χ1v) is 10.1. The van der Waals surface area contributed by atoms with E-state index in [2.05, 4.69) is 20.6 Å². The van der Waals surface area contributed by atoms with Crippen LogP contribution in [-0.2, 0) is 5.54 Å². The van der Waals surface area contributed by atoms with Gasteiger partial charge in [0.05, 0.1) is 28.0 Å². The standard InChI is InChI=1S/C22H24F3N5O/c1-12(14-5-4-6-15(19(14)23)20(24)25)27-21-16-10-30(22(3)7-8-26-11-22)18(31)9-17(16)28-13(2)29-21/h4-6,9-10,12,20,26H,7-8,11H2,1-3H3,(H,27,28,29)/t12-,22?/m1/s1. The SMILES string of the molecule is Cc1nc(N[C@H](C)c2cccc(C(F)F)c2F)c2cn(C3(C)CCNC3)c(=O)cc2n1. The molecule has 3 heterocycles. The van der Waals surface area contributed by atoms with Crippen LogP contribution in [0.25, 0.3) is 10.9 Å². The second-order valence-corrected chi connectivity index (χ2v) is 8.24. The molecule has 1 saturated heterocycles. The van der Waals surface area contributed by atoms with Crippen molar-refractivity contribution >= 4 is 16.7 Å². The molecule has 1 aliphatic heterocycles. The van der Waals surface area contributed by atoms with Crippen molar-refractivity contribution in [2.45, 2.75) is 45.2 Å². The molecule has 4 rings (SSSR count). The normalized spacial score (nSPS) is 19.8. The number of anilines is 1. The van der Waals surface area contributed by atoms with Gasteiger partial charge in [0.15, 0.2) is 0 Å². The Morgan fingerprint density at radius 1 is 1.26 bits per heavy atom. The van der Waals surface area contributed by atoms with Crippen LogP contribution < -0.4 is 16.2 Å². The van der Waals surface area contributed by atoms with Gasteiger partial charge in [-0.3, -0.25) is 4.79 Å². The number of aromatic nitrogens is 3. The molecule has 2 aromatic heterocycles. The fraction of sp³-hybridized carbons (Fsp3) is 0.409. The summed E-state index contributed by atoms with van der Waals surface area (Å²) in [4.78, 5) is 21.6. The molecule has 31 heavy (non-hydrogen) atoms. The number of rotatable bonds is 5. The van der Waals surface area contributed by atoms with Gasteiger partial charge in [-0.15, -0.1) is 0 Å². The number of nitrogens with one attached hydrogen (secondary N) is 2. The monoisotopic (exact) mass is 431 g/mol. The molecule has 1 aromatic carbocycles. The summed E-state index contributed by atoms with van der Waals surface area (Å²) in [6.45, 7) is 6.86. The highest BCUT2D eigenvalue weighted by Gasteiger charge is 2.31. The van der Waals surface area contributed by atoms with E-state index in [9.17, 15) is 18.0 Å². The molecule has 164 valence electrons. The summed E-state index contributed by atoms with van der Waals surface area (Å²) in [7, 11) is 0. The fourth-order valence-corrected chi connectivity index (χ4v) is 4.11. The third-order valence-corrected chi connectivity index (χ3v) is 5.88. The van der Waals surface area contributed by atoms with Crippen LogP contribution in [0, 0.1) is 12.7 Å². The predicted octanol–water partition coefficient (Wildman–Crippen LogP) is 4.06. The van der Waals surface area contributed by atoms with Crippen LogP contribution in [0.5, 0.6) is 0 Å². The van der Waals surface area contributed by atoms with E-state index in [-0.39, 0.29) is 16.7 Å². The molecule has 0 spiro atoms. The highest BCUT2D eigenvalue weighted by Crippen LogP contribution is 2.31. The van der Waals surface area contributed by atoms with E-state index >= 15 is 0 Å². The third-order valence-electron chi connectivity index (χ3n) is 5.88. The average molecular weight is 431 g/mol. The highest BCUT2D eigenvalue weighted by molar-refractivity contribution is 5.88.